The Hall–Kier alpha value is -3.03. The van der Waals surface area contributed by atoms with Crippen LogP contribution in [0.5, 0.6) is 0 Å². The van der Waals surface area contributed by atoms with Crippen LogP contribution in [0.3, 0.4) is 0 Å². The fourth-order valence-corrected chi connectivity index (χ4v) is 2.64. The van der Waals surface area contributed by atoms with Crippen LogP contribution in [-0.2, 0) is 10.3 Å². The molecule has 1 aliphatic rings. The lowest BCUT2D eigenvalue weighted by atomic mass is 9.91. The third kappa shape index (κ3) is 2.45. The molecule has 1 atom stereocenters. The molecular weight excluding hydrogens is 320 g/mol. The van der Waals surface area contributed by atoms with E-state index in [0.717, 1.165) is 18.2 Å². The summed E-state index contributed by atoms with van der Waals surface area (Å²) >= 11 is 0. The number of carbonyl (C=O) groups excluding carboxylic acids is 3. The molecule has 1 aromatic heterocycles. The van der Waals surface area contributed by atoms with Gasteiger partial charge in [-0.15, -0.1) is 0 Å². The highest BCUT2D eigenvalue weighted by atomic mass is 19.1. The molecule has 124 valence electrons. The van der Waals surface area contributed by atoms with Crippen molar-refractivity contribution in [3.8, 4) is 0 Å². The highest BCUT2D eigenvalue weighted by molar-refractivity contribution is 6.11. The Labute approximate surface area is 135 Å². The molecule has 0 radical (unpaired) electrons. The number of amides is 3. The Kier molecular flexibility index (Phi) is 3.67. The van der Waals surface area contributed by atoms with Gasteiger partial charge in [0.2, 0.25) is 0 Å². The number of urea groups is 1. The smallest absolute Gasteiger partial charge is 0.325 e. The van der Waals surface area contributed by atoms with Gasteiger partial charge in [0.25, 0.3) is 5.91 Å². The number of benzene rings is 1. The highest BCUT2D eigenvalue weighted by Gasteiger charge is 2.50. The SMILES string of the molecule is CC1(c2cc(F)ccc2F)NC(=O)N(CC(=O)c2ccc[nH]2)C1=O. The van der Waals surface area contributed by atoms with Crippen molar-refractivity contribution in [3.63, 3.8) is 0 Å². The quantitative estimate of drug-likeness (QED) is 0.663. The minimum absolute atomic E-state index is 0.237. The van der Waals surface area contributed by atoms with E-state index >= 15 is 0 Å². The van der Waals surface area contributed by atoms with Crippen molar-refractivity contribution in [3.05, 3.63) is 59.4 Å². The van der Waals surface area contributed by atoms with Gasteiger partial charge < -0.3 is 10.3 Å². The van der Waals surface area contributed by atoms with E-state index in [1.165, 1.54) is 19.2 Å². The molecule has 1 saturated heterocycles. The number of carbonyl (C=O) groups is 3. The molecular formula is C16H13F2N3O3. The standard InChI is InChI=1S/C16H13F2N3O3/c1-16(10-7-9(17)4-5-11(10)18)14(23)21(15(24)20-16)8-13(22)12-3-2-6-19-12/h2-7,19H,8H2,1H3,(H,20,24). The zero-order chi connectivity index (χ0) is 17.5. The summed E-state index contributed by atoms with van der Waals surface area (Å²) in [6.07, 6.45) is 1.53. The van der Waals surface area contributed by atoms with E-state index < -0.39 is 41.4 Å². The van der Waals surface area contributed by atoms with Crippen molar-refractivity contribution in [2.24, 2.45) is 0 Å². The average Bonchev–Trinajstić information content (AvgIpc) is 3.14. The fourth-order valence-electron chi connectivity index (χ4n) is 2.64. The summed E-state index contributed by atoms with van der Waals surface area (Å²) in [4.78, 5) is 40.1. The lowest BCUT2D eigenvalue weighted by molar-refractivity contribution is -0.130. The molecule has 1 aromatic carbocycles. The first-order valence-corrected chi connectivity index (χ1v) is 7.09. The average molecular weight is 333 g/mol. The second kappa shape index (κ2) is 5.55. The highest BCUT2D eigenvalue weighted by Crippen LogP contribution is 2.31. The van der Waals surface area contributed by atoms with E-state index in [0.29, 0.717) is 4.90 Å². The molecule has 1 aliphatic heterocycles. The molecule has 2 aromatic rings. The van der Waals surface area contributed by atoms with Gasteiger partial charge in [0.1, 0.15) is 17.2 Å². The van der Waals surface area contributed by atoms with Crippen LogP contribution in [0.4, 0.5) is 13.6 Å². The lowest BCUT2D eigenvalue weighted by Gasteiger charge is -2.22. The van der Waals surface area contributed by atoms with Crippen LogP contribution in [0.1, 0.15) is 23.0 Å². The van der Waals surface area contributed by atoms with Gasteiger partial charge in [-0.05, 0) is 37.3 Å². The van der Waals surface area contributed by atoms with Gasteiger partial charge in [0, 0.05) is 11.8 Å². The van der Waals surface area contributed by atoms with Gasteiger partial charge in [-0.3, -0.25) is 14.5 Å². The van der Waals surface area contributed by atoms with Crippen LogP contribution in [0.25, 0.3) is 0 Å². The van der Waals surface area contributed by atoms with E-state index in [-0.39, 0.29) is 11.3 Å². The van der Waals surface area contributed by atoms with Crippen LogP contribution in [0, 0.1) is 11.6 Å². The van der Waals surface area contributed by atoms with Crippen molar-refractivity contribution in [2.75, 3.05) is 6.54 Å². The van der Waals surface area contributed by atoms with E-state index in [9.17, 15) is 23.2 Å². The molecule has 0 spiro atoms. The number of imide groups is 1. The molecule has 1 unspecified atom stereocenters. The van der Waals surface area contributed by atoms with Crippen molar-refractivity contribution < 1.29 is 23.2 Å². The number of Topliss-reactive ketones (excluding diaryl/α,β-unsaturated/α-hetero) is 1. The number of halogens is 2. The molecule has 3 rings (SSSR count). The molecule has 24 heavy (non-hydrogen) atoms. The van der Waals surface area contributed by atoms with Crippen molar-refractivity contribution >= 4 is 17.7 Å². The van der Waals surface area contributed by atoms with Gasteiger partial charge in [-0.1, -0.05) is 0 Å². The minimum Gasteiger partial charge on any atom is -0.359 e. The largest absolute Gasteiger partial charge is 0.359 e. The van der Waals surface area contributed by atoms with Crippen LogP contribution < -0.4 is 5.32 Å². The Balaban J connectivity index is 1.91. The zero-order valence-corrected chi connectivity index (χ0v) is 12.6. The molecule has 2 N–H and O–H groups in total. The third-order valence-electron chi connectivity index (χ3n) is 3.94. The molecule has 8 heteroatoms. The number of H-pyrrole nitrogens is 1. The number of ketones is 1. The Morgan fingerprint density at radius 2 is 2.00 bits per heavy atom. The molecule has 0 aliphatic carbocycles. The number of hydrogen-bond acceptors (Lipinski definition) is 3. The summed E-state index contributed by atoms with van der Waals surface area (Å²) < 4.78 is 27.4. The molecule has 6 nitrogen and oxygen atoms in total. The molecule has 1 fully saturated rings. The Morgan fingerprint density at radius 1 is 1.25 bits per heavy atom. The molecule has 2 heterocycles. The summed E-state index contributed by atoms with van der Waals surface area (Å²) in [7, 11) is 0. The predicted molar refractivity (Wildman–Crippen MR) is 79.1 cm³/mol. The summed E-state index contributed by atoms with van der Waals surface area (Å²) in [5.74, 6) is -2.87. The van der Waals surface area contributed by atoms with E-state index in [4.69, 9.17) is 0 Å². The number of aromatic nitrogens is 1. The Bertz CT molecular complexity index is 835. The number of aromatic amines is 1. The first-order valence-electron chi connectivity index (χ1n) is 7.09. The minimum atomic E-state index is -1.78. The second-order valence-corrected chi connectivity index (χ2v) is 5.58. The monoisotopic (exact) mass is 333 g/mol. The van der Waals surface area contributed by atoms with Crippen LogP contribution in [-0.4, -0.2) is 34.2 Å². The fraction of sp³-hybridized carbons (Fsp3) is 0.188. The topological polar surface area (TPSA) is 82.3 Å². The first-order chi connectivity index (χ1) is 11.3. The second-order valence-electron chi connectivity index (χ2n) is 5.58. The van der Waals surface area contributed by atoms with Gasteiger partial charge in [0.15, 0.2) is 5.78 Å². The molecule has 3 amide bonds. The van der Waals surface area contributed by atoms with Crippen molar-refractivity contribution in [1.82, 2.24) is 15.2 Å². The number of nitrogens with one attached hydrogen (secondary N) is 2. The summed E-state index contributed by atoms with van der Waals surface area (Å²) in [6.45, 7) is 0.766. The van der Waals surface area contributed by atoms with Gasteiger partial charge in [0.05, 0.1) is 12.2 Å². The van der Waals surface area contributed by atoms with E-state index in [1.54, 1.807) is 6.07 Å². The van der Waals surface area contributed by atoms with Crippen LogP contribution in [0.2, 0.25) is 0 Å². The van der Waals surface area contributed by atoms with Gasteiger partial charge in [-0.25, -0.2) is 13.6 Å². The van der Waals surface area contributed by atoms with Crippen LogP contribution >= 0.6 is 0 Å². The van der Waals surface area contributed by atoms with Crippen LogP contribution in [0.15, 0.2) is 36.5 Å². The molecule has 0 saturated carbocycles. The van der Waals surface area contributed by atoms with Gasteiger partial charge >= 0.3 is 6.03 Å². The number of nitrogens with zero attached hydrogens (tertiary/aromatic N) is 1. The van der Waals surface area contributed by atoms with E-state index in [2.05, 4.69) is 10.3 Å². The predicted octanol–water partition coefficient (Wildman–Crippen LogP) is 1.94. The zero-order valence-electron chi connectivity index (χ0n) is 12.6. The first kappa shape index (κ1) is 15.9. The third-order valence-corrected chi connectivity index (χ3v) is 3.94. The number of hydrogen-bond donors (Lipinski definition) is 2. The summed E-state index contributed by atoms with van der Waals surface area (Å²) in [5, 5.41) is 2.33. The van der Waals surface area contributed by atoms with Crippen molar-refractivity contribution in [2.45, 2.75) is 12.5 Å². The lowest BCUT2D eigenvalue weighted by Crippen LogP contribution is -2.42. The molecule has 0 bridgehead atoms. The maximum atomic E-state index is 14.0. The summed E-state index contributed by atoms with van der Waals surface area (Å²) in [5.41, 5.74) is -1.84. The van der Waals surface area contributed by atoms with E-state index in [1.807, 2.05) is 0 Å². The Morgan fingerprint density at radius 3 is 2.67 bits per heavy atom. The number of rotatable bonds is 4. The maximum Gasteiger partial charge on any atom is 0.325 e. The van der Waals surface area contributed by atoms with Crippen molar-refractivity contribution in [1.29, 1.82) is 0 Å². The van der Waals surface area contributed by atoms with Gasteiger partial charge in [-0.2, -0.15) is 0 Å². The maximum absolute atomic E-state index is 14.0. The summed E-state index contributed by atoms with van der Waals surface area (Å²) in [6, 6.07) is 4.91. The normalized spacial score (nSPS) is 20.4.